The molecule has 0 saturated carbocycles. The summed E-state index contributed by atoms with van der Waals surface area (Å²) in [6.45, 7) is 11.9. The van der Waals surface area contributed by atoms with E-state index in [1.807, 2.05) is 119 Å². The summed E-state index contributed by atoms with van der Waals surface area (Å²) in [5.74, 6) is -0.482. The van der Waals surface area contributed by atoms with Gasteiger partial charge in [0.2, 0.25) is 0 Å². The lowest BCUT2D eigenvalue weighted by molar-refractivity contribution is -0.000161. The number of benzene rings is 3. The maximum atomic E-state index is 14.0. The van der Waals surface area contributed by atoms with Crippen LogP contribution >= 0.6 is 12.1 Å². The van der Waals surface area contributed by atoms with Crippen LogP contribution < -0.4 is 4.31 Å². The van der Waals surface area contributed by atoms with Crippen molar-refractivity contribution in [3.8, 4) is 0 Å². The van der Waals surface area contributed by atoms with Crippen molar-refractivity contribution >= 4 is 29.6 Å². The third kappa shape index (κ3) is 6.45. The lowest BCUT2D eigenvalue weighted by Crippen LogP contribution is -2.56. The van der Waals surface area contributed by atoms with E-state index in [9.17, 15) is 9.59 Å². The van der Waals surface area contributed by atoms with Crippen molar-refractivity contribution in [3.63, 3.8) is 0 Å². The van der Waals surface area contributed by atoms with Crippen LogP contribution in [0.5, 0.6) is 0 Å². The normalized spacial score (nSPS) is 11.2. The van der Waals surface area contributed by atoms with Gasteiger partial charge in [0.25, 0.3) is 11.8 Å². The average Bonchev–Trinajstić information content (AvgIpc) is 2.82. The van der Waals surface area contributed by atoms with E-state index < -0.39 is 5.54 Å². The van der Waals surface area contributed by atoms with Crippen molar-refractivity contribution in [2.75, 3.05) is 11.4 Å². The highest BCUT2D eigenvalue weighted by Crippen LogP contribution is 2.32. The summed E-state index contributed by atoms with van der Waals surface area (Å²) in [5.41, 5.74) is 4.50. The fourth-order valence-corrected chi connectivity index (χ4v) is 4.86. The first-order chi connectivity index (χ1) is 16.5. The second-order valence-electron chi connectivity index (χ2n) is 9.71. The molecule has 5 nitrogen and oxygen atoms in total. The largest absolute Gasteiger partial charge is 0.300 e. The first kappa shape index (κ1) is 26.4. The van der Waals surface area contributed by atoms with Crippen LogP contribution in [-0.2, 0) is 6.42 Å². The van der Waals surface area contributed by atoms with Gasteiger partial charge in [-0.25, -0.2) is 5.01 Å². The molecule has 0 aliphatic carbocycles. The number of anilines is 1. The van der Waals surface area contributed by atoms with Crippen molar-refractivity contribution in [1.29, 1.82) is 0 Å². The molecule has 0 aliphatic heterocycles. The maximum Gasteiger partial charge on any atom is 0.284 e. The van der Waals surface area contributed by atoms with E-state index in [1.54, 1.807) is 5.01 Å². The standard InChI is InChI=1S/C29H35N3O2S/c1-8-23-14-16-24(17-15-23)28(34)32(35-30(7)26-12-10-9-11-13-26)31(29(4,5)6)27(33)25-19-21(2)18-22(3)20-25/h9-20H,8H2,1-7H3. The van der Waals surface area contributed by atoms with Gasteiger partial charge < -0.3 is 4.31 Å². The van der Waals surface area contributed by atoms with Gasteiger partial charge in [-0.3, -0.25) is 9.59 Å². The van der Waals surface area contributed by atoms with Gasteiger partial charge in [0.1, 0.15) is 0 Å². The minimum Gasteiger partial charge on any atom is -0.300 e. The molecule has 0 fully saturated rings. The molecular weight excluding hydrogens is 454 g/mol. The summed E-state index contributed by atoms with van der Waals surface area (Å²) < 4.78 is 3.39. The second kappa shape index (κ2) is 11.0. The minimum atomic E-state index is -0.668. The van der Waals surface area contributed by atoms with Gasteiger partial charge in [-0.2, -0.15) is 4.41 Å². The van der Waals surface area contributed by atoms with E-state index in [4.69, 9.17) is 0 Å². The van der Waals surface area contributed by atoms with E-state index in [2.05, 4.69) is 6.92 Å². The SMILES string of the molecule is CCc1ccc(C(=O)N(SN(C)c2ccccc2)N(C(=O)c2cc(C)cc(C)c2)C(C)(C)C)cc1. The first-order valence-electron chi connectivity index (χ1n) is 11.8. The number of carbonyl (C=O) groups is 2. The Morgan fingerprint density at radius 2 is 1.37 bits per heavy atom. The highest BCUT2D eigenvalue weighted by Gasteiger charge is 2.38. The molecule has 0 unspecified atom stereocenters. The van der Waals surface area contributed by atoms with Gasteiger partial charge in [0.05, 0.1) is 17.7 Å². The minimum absolute atomic E-state index is 0.225. The summed E-state index contributed by atoms with van der Waals surface area (Å²) in [7, 11) is 1.89. The monoisotopic (exact) mass is 489 g/mol. The number of carbonyl (C=O) groups excluding carboxylic acids is 2. The predicted molar refractivity (Wildman–Crippen MR) is 146 cm³/mol. The van der Waals surface area contributed by atoms with Crippen LogP contribution in [0.4, 0.5) is 5.69 Å². The van der Waals surface area contributed by atoms with Crippen molar-refractivity contribution in [2.45, 2.75) is 53.5 Å². The molecule has 3 aromatic rings. The lowest BCUT2D eigenvalue weighted by atomic mass is 10.0. The highest BCUT2D eigenvalue weighted by atomic mass is 32.2. The second-order valence-corrected chi connectivity index (χ2v) is 10.8. The number of hydrogen-bond donors (Lipinski definition) is 0. The topological polar surface area (TPSA) is 43.9 Å². The van der Waals surface area contributed by atoms with Crippen LogP contribution in [0.3, 0.4) is 0 Å². The molecule has 0 saturated heterocycles. The van der Waals surface area contributed by atoms with E-state index in [-0.39, 0.29) is 11.8 Å². The molecule has 0 bridgehead atoms. The van der Waals surface area contributed by atoms with Crippen LogP contribution in [0.2, 0.25) is 0 Å². The molecule has 0 aromatic heterocycles. The van der Waals surface area contributed by atoms with Crippen molar-refractivity contribution in [1.82, 2.24) is 9.42 Å². The Kier molecular flexibility index (Phi) is 8.28. The summed E-state index contributed by atoms with van der Waals surface area (Å²) in [6, 6.07) is 23.2. The Labute approximate surface area is 214 Å². The number of rotatable bonds is 6. The van der Waals surface area contributed by atoms with E-state index in [0.29, 0.717) is 11.1 Å². The number of para-hydroxylation sites is 1. The molecule has 0 aliphatic rings. The predicted octanol–water partition coefficient (Wildman–Crippen LogP) is 6.86. The number of nitrogens with zero attached hydrogens (tertiary/aromatic N) is 3. The first-order valence-corrected chi connectivity index (χ1v) is 12.6. The van der Waals surface area contributed by atoms with Gasteiger partial charge in [0.15, 0.2) is 0 Å². The van der Waals surface area contributed by atoms with E-state index in [1.165, 1.54) is 16.5 Å². The fraction of sp³-hybridized carbons (Fsp3) is 0.310. The molecule has 3 rings (SSSR count). The average molecular weight is 490 g/mol. The summed E-state index contributed by atoms with van der Waals surface area (Å²) in [5, 5.41) is 1.57. The fourth-order valence-electron chi connectivity index (χ4n) is 3.84. The van der Waals surface area contributed by atoms with Gasteiger partial charge in [-0.1, -0.05) is 54.4 Å². The third-order valence-corrected chi connectivity index (χ3v) is 6.52. The summed E-state index contributed by atoms with van der Waals surface area (Å²) >= 11 is 1.20. The summed E-state index contributed by atoms with van der Waals surface area (Å²) in [6.07, 6.45) is 0.892. The van der Waals surface area contributed by atoms with E-state index >= 15 is 0 Å². The molecule has 184 valence electrons. The zero-order valence-electron chi connectivity index (χ0n) is 21.7. The molecule has 0 heterocycles. The molecule has 35 heavy (non-hydrogen) atoms. The number of amides is 2. The third-order valence-electron chi connectivity index (χ3n) is 5.58. The lowest BCUT2D eigenvalue weighted by Gasteiger charge is -2.43. The summed E-state index contributed by atoms with van der Waals surface area (Å²) in [4.78, 5) is 27.9. The molecule has 2 amide bonds. The van der Waals surface area contributed by atoms with Crippen LogP contribution in [0.25, 0.3) is 0 Å². The molecule has 3 aromatic carbocycles. The number of aryl methyl sites for hydroxylation is 3. The Hall–Kier alpha value is -3.25. The molecule has 6 heteroatoms. The molecule has 0 N–H and O–H groups in total. The highest BCUT2D eigenvalue weighted by molar-refractivity contribution is 7.98. The van der Waals surface area contributed by atoms with Crippen LogP contribution in [-0.4, -0.2) is 33.8 Å². The van der Waals surface area contributed by atoms with Crippen molar-refractivity contribution < 1.29 is 9.59 Å². The van der Waals surface area contributed by atoms with E-state index in [0.717, 1.165) is 28.8 Å². The van der Waals surface area contributed by atoms with Gasteiger partial charge in [-0.05, 0) is 83.0 Å². The van der Waals surface area contributed by atoms with Crippen LogP contribution in [0.15, 0.2) is 72.8 Å². The molecular formula is C29H35N3O2S. The zero-order valence-corrected chi connectivity index (χ0v) is 22.5. The van der Waals surface area contributed by atoms with Crippen LogP contribution in [0, 0.1) is 13.8 Å². The van der Waals surface area contributed by atoms with Crippen molar-refractivity contribution in [3.05, 3.63) is 101 Å². The quantitative estimate of drug-likeness (QED) is 0.280. The Morgan fingerprint density at radius 3 is 1.89 bits per heavy atom. The Bertz CT molecular complexity index is 1150. The zero-order chi connectivity index (χ0) is 25.8. The van der Waals surface area contributed by atoms with Gasteiger partial charge >= 0.3 is 0 Å². The number of hydrazine groups is 1. The molecule has 0 radical (unpaired) electrons. The van der Waals surface area contributed by atoms with Gasteiger partial charge in [0, 0.05) is 23.9 Å². The molecule has 0 atom stereocenters. The smallest absolute Gasteiger partial charge is 0.284 e. The Morgan fingerprint density at radius 1 is 0.800 bits per heavy atom. The number of hydrogen-bond acceptors (Lipinski definition) is 4. The Balaban J connectivity index is 2.09. The van der Waals surface area contributed by atoms with Gasteiger partial charge in [-0.15, -0.1) is 0 Å². The maximum absolute atomic E-state index is 14.0. The van der Waals surface area contributed by atoms with Crippen LogP contribution in [0.1, 0.15) is 65.1 Å². The molecule has 0 spiro atoms. The van der Waals surface area contributed by atoms with Crippen molar-refractivity contribution in [2.24, 2.45) is 0 Å².